The first-order valence-corrected chi connectivity index (χ1v) is 11.7. The van der Waals surface area contributed by atoms with E-state index in [1.165, 1.54) is 44.6 Å². The van der Waals surface area contributed by atoms with Crippen LogP contribution in [0.25, 0.3) is 6.08 Å². The van der Waals surface area contributed by atoms with Crippen LogP contribution in [0.3, 0.4) is 0 Å². The number of carbonyl (C=O) groups is 4. The average molecular weight is 565 g/mol. The molecule has 37 heavy (non-hydrogen) atoms. The van der Waals surface area contributed by atoms with Crippen LogP contribution in [0.2, 0.25) is 0 Å². The van der Waals surface area contributed by atoms with Gasteiger partial charge in [0.25, 0.3) is 11.8 Å². The number of methoxy groups -OCH3 is 2. The highest BCUT2D eigenvalue weighted by atomic mass is 79.9. The van der Waals surface area contributed by atoms with Gasteiger partial charge in [-0.25, -0.2) is 14.5 Å². The smallest absolute Gasteiger partial charge is 0.337 e. The van der Waals surface area contributed by atoms with Gasteiger partial charge in [0.15, 0.2) is 0 Å². The second kappa shape index (κ2) is 11.1. The number of nitrogens with one attached hydrogen (secondary N) is 1. The third-order valence-corrected chi connectivity index (χ3v) is 6.01. The number of halogens is 1. The first kappa shape index (κ1) is 25.6. The molecule has 0 saturated carbocycles. The van der Waals surface area contributed by atoms with E-state index in [1.54, 1.807) is 18.2 Å². The Morgan fingerprint density at radius 2 is 1.68 bits per heavy atom. The molecule has 1 heterocycles. The van der Waals surface area contributed by atoms with Crippen molar-refractivity contribution in [3.05, 3.63) is 93.5 Å². The van der Waals surface area contributed by atoms with E-state index in [1.807, 2.05) is 24.3 Å². The summed E-state index contributed by atoms with van der Waals surface area (Å²) in [4.78, 5) is 51.0. The normalized spacial score (nSPS) is 14.4. The van der Waals surface area contributed by atoms with Gasteiger partial charge in [0, 0.05) is 16.1 Å². The van der Waals surface area contributed by atoms with Crippen molar-refractivity contribution in [2.75, 3.05) is 19.1 Å². The van der Waals surface area contributed by atoms with E-state index in [2.05, 4.69) is 26.0 Å². The highest BCUT2D eigenvalue weighted by molar-refractivity contribution is 9.10. The van der Waals surface area contributed by atoms with E-state index in [0.29, 0.717) is 17.1 Å². The number of benzene rings is 3. The van der Waals surface area contributed by atoms with Gasteiger partial charge in [-0.3, -0.25) is 14.9 Å². The van der Waals surface area contributed by atoms with Crippen LogP contribution in [-0.2, 0) is 20.9 Å². The Labute approximate surface area is 220 Å². The zero-order valence-electron chi connectivity index (χ0n) is 19.8. The Morgan fingerprint density at radius 3 is 2.32 bits per heavy atom. The largest absolute Gasteiger partial charge is 0.497 e. The highest BCUT2D eigenvalue weighted by Crippen LogP contribution is 2.30. The fourth-order valence-corrected chi connectivity index (χ4v) is 3.80. The number of rotatable bonds is 7. The van der Waals surface area contributed by atoms with Crippen LogP contribution < -0.4 is 19.7 Å². The van der Waals surface area contributed by atoms with E-state index in [9.17, 15) is 19.2 Å². The van der Waals surface area contributed by atoms with Crippen LogP contribution in [-0.4, -0.2) is 38.0 Å². The minimum absolute atomic E-state index is 0.176. The maximum absolute atomic E-state index is 13.3. The summed E-state index contributed by atoms with van der Waals surface area (Å²) in [6, 6.07) is 17.3. The first-order valence-electron chi connectivity index (χ1n) is 11.0. The van der Waals surface area contributed by atoms with Gasteiger partial charge in [-0.1, -0.05) is 28.1 Å². The van der Waals surface area contributed by atoms with Crippen molar-refractivity contribution in [2.45, 2.75) is 6.61 Å². The number of esters is 1. The Morgan fingerprint density at radius 1 is 0.973 bits per heavy atom. The summed E-state index contributed by atoms with van der Waals surface area (Å²) >= 11 is 3.39. The maximum Gasteiger partial charge on any atom is 0.337 e. The summed E-state index contributed by atoms with van der Waals surface area (Å²) in [5, 5.41) is 2.18. The van der Waals surface area contributed by atoms with Crippen LogP contribution in [0.5, 0.6) is 11.5 Å². The SMILES string of the molecule is COC(=O)c1ccc(N2C(=O)NC(=O)/C(=C\c3ccc(OC)cc3OCc3ccc(Br)cc3)C2=O)cc1. The summed E-state index contributed by atoms with van der Waals surface area (Å²) in [5.41, 5.74) is 1.49. The van der Waals surface area contributed by atoms with Crippen molar-refractivity contribution in [3.63, 3.8) is 0 Å². The van der Waals surface area contributed by atoms with E-state index in [4.69, 9.17) is 9.47 Å². The summed E-state index contributed by atoms with van der Waals surface area (Å²) in [7, 11) is 2.76. The average Bonchev–Trinajstić information content (AvgIpc) is 2.91. The van der Waals surface area contributed by atoms with Gasteiger partial charge in [-0.2, -0.15) is 0 Å². The number of barbiturate groups is 1. The number of hydrogen-bond acceptors (Lipinski definition) is 7. The van der Waals surface area contributed by atoms with Gasteiger partial charge in [-0.05, 0) is 60.2 Å². The lowest BCUT2D eigenvalue weighted by atomic mass is 10.1. The molecule has 9 nitrogen and oxygen atoms in total. The van der Waals surface area contributed by atoms with Crippen LogP contribution in [0.4, 0.5) is 10.5 Å². The van der Waals surface area contributed by atoms with Crippen LogP contribution >= 0.6 is 15.9 Å². The third kappa shape index (κ3) is 5.70. The van der Waals surface area contributed by atoms with Gasteiger partial charge in [0.05, 0.1) is 25.5 Å². The van der Waals surface area contributed by atoms with Gasteiger partial charge >= 0.3 is 12.0 Å². The van der Waals surface area contributed by atoms with Crippen molar-refractivity contribution in [3.8, 4) is 11.5 Å². The zero-order valence-corrected chi connectivity index (χ0v) is 21.4. The molecule has 1 fully saturated rings. The van der Waals surface area contributed by atoms with Gasteiger partial charge in [-0.15, -0.1) is 0 Å². The van der Waals surface area contributed by atoms with Crippen LogP contribution in [0.1, 0.15) is 21.5 Å². The molecular formula is C27H21BrN2O7. The molecule has 0 spiro atoms. The lowest BCUT2D eigenvalue weighted by molar-refractivity contribution is -0.122. The summed E-state index contributed by atoms with van der Waals surface area (Å²) in [6.45, 7) is 0.230. The van der Waals surface area contributed by atoms with Crippen molar-refractivity contribution in [1.29, 1.82) is 0 Å². The number of urea groups is 1. The number of nitrogens with zero attached hydrogens (tertiary/aromatic N) is 1. The molecule has 188 valence electrons. The number of anilines is 1. The lowest BCUT2D eigenvalue weighted by Crippen LogP contribution is -2.54. The molecule has 0 bridgehead atoms. The molecule has 1 N–H and O–H groups in total. The second-order valence-corrected chi connectivity index (χ2v) is 8.73. The minimum atomic E-state index is -0.903. The molecule has 0 aromatic heterocycles. The van der Waals surface area contributed by atoms with E-state index in [-0.39, 0.29) is 23.4 Å². The van der Waals surface area contributed by atoms with E-state index < -0.39 is 23.8 Å². The fourth-order valence-electron chi connectivity index (χ4n) is 3.54. The second-order valence-electron chi connectivity index (χ2n) is 7.82. The van der Waals surface area contributed by atoms with E-state index >= 15 is 0 Å². The molecule has 0 aliphatic carbocycles. The zero-order chi connectivity index (χ0) is 26.5. The first-order chi connectivity index (χ1) is 17.8. The van der Waals surface area contributed by atoms with Crippen LogP contribution in [0.15, 0.2) is 76.8 Å². The summed E-state index contributed by atoms with van der Waals surface area (Å²) in [5.74, 6) is -1.33. The Balaban J connectivity index is 1.65. The maximum atomic E-state index is 13.3. The van der Waals surface area contributed by atoms with E-state index in [0.717, 1.165) is 14.9 Å². The molecule has 0 radical (unpaired) electrons. The monoisotopic (exact) mass is 564 g/mol. The molecular weight excluding hydrogens is 544 g/mol. The standard InChI is InChI=1S/C27H21BrN2O7/c1-35-21-12-7-18(23(14-21)37-15-16-3-8-19(28)9-4-16)13-22-24(31)29-27(34)30(25(22)32)20-10-5-17(6-11-20)26(33)36-2/h3-14H,15H2,1-2H3,(H,29,31,34)/b22-13+. The minimum Gasteiger partial charge on any atom is -0.497 e. The van der Waals surface area contributed by atoms with Gasteiger partial charge in [0.2, 0.25) is 0 Å². The molecule has 1 aliphatic heterocycles. The molecule has 1 aliphatic rings. The number of hydrogen-bond donors (Lipinski definition) is 1. The van der Waals surface area contributed by atoms with Crippen molar-refractivity contribution >= 4 is 51.5 Å². The van der Waals surface area contributed by atoms with Crippen molar-refractivity contribution in [2.24, 2.45) is 0 Å². The Kier molecular flexibility index (Phi) is 7.69. The number of imide groups is 2. The molecule has 3 aromatic carbocycles. The predicted octanol–water partition coefficient (Wildman–Crippen LogP) is 4.49. The predicted molar refractivity (Wildman–Crippen MR) is 138 cm³/mol. The van der Waals surface area contributed by atoms with Crippen molar-refractivity contribution < 1.29 is 33.4 Å². The lowest BCUT2D eigenvalue weighted by Gasteiger charge is -2.26. The third-order valence-electron chi connectivity index (χ3n) is 5.48. The molecule has 10 heteroatoms. The van der Waals surface area contributed by atoms with Crippen molar-refractivity contribution in [1.82, 2.24) is 5.32 Å². The Hall–Kier alpha value is -4.44. The molecule has 0 unspecified atom stereocenters. The molecule has 1 saturated heterocycles. The summed E-state index contributed by atoms with van der Waals surface area (Å²) in [6.07, 6.45) is 1.36. The topological polar surface area (TPSA) is 111 Å². The molecule has 0 atom stereocenters. The van der Waals surface area contributed by atoms with Gasteiger partial charge < -0.3 is 14.2 Å². The molecule has 4 amide bonds. The number of amides is 4. The Bertz CT molecular complexity index is 1400. The molecule has 3 aromatic rings. The molecule has 4 rings (SSSR count). The highest BCUT2D eigenvalue weighted by Gasteiger charge is 2.37. The van der Waals surface area contributed by atoms with Gasteiger partial charge in [0.1, 0.15) is 23.7 Å². The van der Waals surface area contributed by atoms with Crippen LogP contribution in [0, 0.1) is 0 Å². The number of ether oxygens (including phenoxy) is 3. The summed E-state index contributed by atoms with van der Waals surface area (Å²) < 4.78 is 16.9. The fraction of sp³-hybridized carbons (Fsp3) is 0.111. The quantitative estimate of drug-likeness (QED) is 0.255. The number of carbonyl (C=O) groups excluding carboxylic acids is 4.